The fourth-order valence-corrected chi connectivity index (χ4v) is 2.68. The molecule has 0 radical (unpaired) electrons. The van der Waals surface area contributed by atoms with Crippen molar-refractivity contribution in [2.24, 2.45) is 0 Å². The molecule has 0 aromatic heterocycles. The van der Waals surface area contributed by atoms with Gasteiger partial charge in [0.25, 0.3) is 0 Å². The first-order chi connectivity index (χ1) is 6.91. The minimum atomic E-state index is -0.148. The SMILES string of the molecule is CCCCCCC[CH2][Mg][O]CCCC. The molecule has 0 unspecified atom stereocenters. The molecular weight excluding hydrogens is 184 g/mol. The smallest absolute Gasteiger partial charge is 0.565 e. The van der Waals surface area contributed by atoms with Crippen LogP contribution in [0, 0.1) is 0 Å². The summed E-state index contributed by atoms with van der Waals surface area (Å²) >= 11 is -0.148. The minimum Gasteiger partial charge on any atom is -0.565 e. The zero-order valence-corrected chi connectivity index (χ0v) is 11.6. The van der Waals surface area contributed by atoms with Crippen LogP contribution in [0.25, 0.3) is 0 Å². The van der Waals surface area contributed by atoms with Crippen molar-refractivity contribution in [2.45, 2.75) is 69.8 Å². The Morgan fingerprint density at radius 1 is 0.786 bits per heavy atom. The second-order valence-electron chi connectivity index (χ2n) is 4.09. The van der Waals surface area contributed by atoms with Crippen molar-refractivity contribution < 1.29 is 3.17 Å². The fraction of sp³-hybridized carbons (Fsp3) is 1.00. The van der Waals surface area contributed by atoms with Crippen LogP contribution >= 0.6 is 0 Å². The maximum absolute atomic E-state index is 5.64. The lowest BCUT2D eigenvalue weighted by molar-refractivity contribution is 0.325. The van der Waals surface area contributed by atoms with Gasteiger partial charge in [0.15, 0.2) is 0 Å². The molecule has 0 aliphatic rings. The van der Waals surface area contributed by atoms with Gasteiger partial charge in [0, 0.05) is 6.61 Å². The normalized spacial score (nSPS) is 10.1. The molecule has 0 aromatic carbocycles. The third-order valence-electron chi connectivity index (χ3n) is 2.53. The molecule has 0 rings (SSSR count). The van der Waals surface area contributed by atoms with Crippen molar-refractivity contribution in [3.63, 3.8) is 0 Å². The number of hydrogen-bond donors (Lipinski definition) is 0. The third-order valence-corrected chi connectivity index (χ3v) is 3.90. The van der Waals surface area contributed by atoms with Crippen molar-refractivity contribution in [3.8, 4) is 0 Å². The second-order valence-corrected chi connectivity index (χ2v) is 5.61. The Labute approximate surface area is 100 Å². The van der Waals surface area contributed by atoms with Gasteiger partial charge in [-0.1, -0.05) is 58.8 Å². The van der Waals surface area contributed by atoms with Gasteiger partial charge in [-0.2, -0.15) is 0 Å². The lowest BCUT2D eigenvalue weighted by Gasteiger charge is -2.02. The van der Waals surface area contributed by atoms with E-state index < -0.39 is 0 Å². The molecule has 14 heavy (non-hydrogen) atoms. The average molecular weight is 211 g/mol. The van der Waals surface area contributed by atoms with Crippen molar-refractivity contribution in [1.82, 2.24) is 0 Å². The van der Waals surface area contributed by atoms with Gasteiger partial charge in [-0.05, 0) is 6.42 Å². The molecule has 82 valence electrons. The predicted octanol–water partition coefficient (Wildman–Crippen LogP) is 4.20. The highest BCUT2D eigenvalue weighted by atomic mass is 24.5. The van der Waals surface area contributed by atoms with Crippen molar-refractivity contribution >= 4 is 20.8 Å². The molecule has 0 fully saturated rings. The van der Waals surface area contributed by atoms with Gasteiger partial charge in [0.1, 0.15) is 0 Å². The van der Waals surface area contributed by atoms with Gasteiger partial charge >= 0.3 is 20.8 Å². The highest BCUT2D eigenvalue weighted by Crippen LogP contribution is 2.06. The summed E-state index contributed by atoms with van der Waals surface area (Å²) < 4.78 is 7.04. The molecule has 0 spiro atoms. The van der Waals surface area contributed by atoms with Crippen molar-refractivity contribution in [2.75, 3.05) is 6.61 Å². The van der Waals surface area contributed by atoms with Crippen LogP contribution in [0.15, 0.2) is 0 Å². The molecule has 0 saturated carbocycles. The van der Waals surface area contributed by atoms with Crippen LogP contribution in [-0.2, 0) is 3.17 Å². The van der Waals surface area contributed by atoms with E-state index >= 15 is 0 Å². The summed E-state index contributed by atoms with van der Waals surface area (Å²) in [7, 11) is 0. The van der Waals surface area contributed by atoms with Crippen LogP contribution in [0.5, 0.6) is 0 Å². The van der Waals surface area contributed by atoms with Gasteiger partial charge < -0.3 is 3.17 Å². The summed E-state index contributed by atoms with van der Waals surface area (Å²) in [4.78, 5) is 0. The molecule has 0 saturated heterocycles. The largest absolute Gasteiger partial charge is 0.565 e. The molecule has 0 aliphatic carbocycles. The van der Waals surface area contributed by atoms with E-state index in [0.717, 1.165) is 6.61 Å². The minimum absolute atomic E-state index is 0.148. The standard InChI is InChI=1S/C8H17.C4H9O.Mg/c1-3-5-7-8-6-4-2;1-2-3-4-5;/h1,3-8H2,2H3;2-4H2,1H3;/q;-1;+1. The van der Waals surface area contributed by atoms with Gasteiger partial charge in [-0.3, -0.25) is 0 Å². The zero-order chi connectivity index (χ0) is 10.5. The maximum atomic E-state index is 5.64. The molecule has 0 aromatic rings. The number of hydrogen-bond acceptors (Lipinski definition) is 1. The van der Waals surface area contributed by atoms with Crippen LogP contribution < -0.4 is 0 Å². The van der Waals surface area contributed by atoms with E-state index in [1.165, 1.54) is 55.9 Å². The predicted molar refractivity (Wildman–Crippen MR) is 64.8 cm³/mol. The molecule has 0 aliphatic heterocycles. The van der Waals surface area contributed by atoms with Crippen LogP contribution in [-0.4, -0.2) is 27.4 Å². The average Bonchev–Trinajstić information content (AvgIpc) is 2.21. The van der Waals surface area contributed by atoms with Crippen molar-refractivity contribution in [3.05, 3.63) is 0 Å². The van der Waals surface area contributed by atoms with Gasteiger partial charge in [-0.25, -0.2) is 0 Å². The van der Waals surface area contributed by atoms with Gasteiger partial charge in [-0.15, -0.1) is 4.55 Å². The van der Waals surface area contributed by atoms with E-state index in [4.69, 9.17) is 3.17 Å². The van der Waals surface area contributed by atoms with E-state index in [2.05, 4.69) is 13.8 Å². The molecule has 0 bridgehead atoms. The zero-order valence-electron chi connectivity index (χ0n) is 10.2. The van der Waals surface area contributed by atoms with Crippen LogP contribution in [0.2, 0.25) is 4.55 Å². The first-order valence-electron chi connectivity index (χ1n) is 6.49. The van der Waals surface area contributed by atoms with E-state index in [1.807, 2.05) is 0 Å². The van der Waals surface area contributed by atoms with Gasteiger partial charge in [0.05, 0.1) is 0 Å². The van der Waals surface area contributed by atoms with Gasteiger partial charge in [0.2, 0.25) is 0 Å². The number of rotatable bonds is 11. The first kappa shape index (κ1) is 14.7. The Morgan fingerprint density at radius 2 is 1.43 bits per heavy atom. The topological polar surface area (TPSA) is 9.23 Å². The van der Waals surface area contributed by atoms with Crippen molar-refractivity contribution in [1.29, 1.82) is 0 Å². The molecule has 0 heterocycles. The Morgan fingerprint density at radius 3 is 2.14 bits per heavy atom. The maximum Gasteiger partial charge on any atom is 0.565 e. The van der Waals surface area contributed by atoms with E-state index in [-0.39, 0.29) is 20.8 Å². The third kappa shape index (κ3) is 12.7. The summed E-state index contributed by atoms with van der Waals surface area (Å²) in [5.74, 6) is 0. The number of unbranched alkanes of at least 4 members (excludes halogenated alkanes) is 6. The summed E-state index contributed by atoms with van der Waals surface area (Å²) in [6, 6.07) is 0. The summed E-state index contributed by atoms with van der Waals surface area (Å²) in [6.45, 7) is 5.52. The second kappa shape index (κ2) is 13.7. The van der Waals surface area contributed by atoms with Crippen LogP contribution in [0.1, 0.15) is 65.2 Å². The molecule has 2 heteroatoms. The lowest BCUT2D eigenvalue weighted by atomic mass is 10.1. The Hall–Kier alpha value is 0.726. The summed E-state index contributed by atoms with van der Waals surface area (Å²) in [6.07, 6.45) is 11.0. The van der Waals surface area contributed by atoms with E-state index in [0.29, 0.717) is 0 Å². The molecule has 0 N–H and O–H groups in total. The summed E-state index contributed by atoms with van der Waals surface area (Å²) in [5, 5.41) is 0. The Bertz CT molecular complexity index is 84.3. The van der Waals surface area contributed by atoms with Crippen LogP contribution in [0.4, 0.5) is 0 Å². The lowest BCUT2D eigenvalue weighted by Crippen LogP contribution is -1.99. The highest BCUT2D eigenvalue weighted by Gasteiger charge is 1.97. The fourth-order valence-electron chi connectivity index (χ4n) is 1.51. The van der Waals surface area contributed by atoms with E-state index in [1.54, 1.807) is 0 Å². The molecule has 0 atom stereocenters. The summed E-state index contributed by atoms with van der Waals surface area (Å²) in [5.41, 5.74) is 0. The molecular formula is C12H26MgO. The Kier molecular flexibility index (Phi) is 14.4. The van der Waals surface area contributed by atoms with Crippen LogP contribution in [0.3, 0.4) is 0 Å². The first-order valence-corrected chi connectivity index (χ1v) is 8.07. The quantitative estimate of drug-likeness (QED) is 0.367. The highest BCUT2D eigenvalue weighted by molar-refractivity contribution is 6.26. The molecule has 0 amide bonds. The molecule has 1 nitrogen and oxygen atoms in total. The Balaban J connectivity index is 2.78. The monoisotopic (exact) mass is 210 g/mol. The van der Waals surface area contributed by atoms with E-state index in [9.17, 15) is 0 Å².